The maximum atomic E-state index is 12.4. The monoisotopic (exact) mass is 466 g/mol. The van der Waals surface area contributed by atoms with E-state index >= 15 is 0 Å². The smallest absolute Gasteiger partial charge is 0.338 e. The molecule has 35 heavy (non-hydrogen) atoms. The molecule has 0 radical (unpaired) electrons. The molecule has 5 heteroatoms. The van der Waals surface area contributed by atoms with Crippen LogP contribution in [0.3, 0.4) is 0 Å². The SMILES string of the molecule is CC#C/C(=C\C=NC)C(=O)CCCCc1ccc(C2=Nc3cccc(C(=O)OC)c3C3=CC32)cc1.[HH]. The molecule has 2 aliphatic rings. The zero-order valence-corrected chi connectivity index (χ0v) is 20.3. The molecule has 5 nitrogen and oxygen atoms in total. The number of unbranched alkanes of at least 4 members (excludes halogenated alkanes) is 1. The minimum atomic E-state index is -0.335. The molecule has 0 aromatic heterocycles. The Morgan fingerprint density at radius 2 is 1.97 bits per heavy atom. The van der Waals surface area contributed by atoms with Gasteiger partial charge in [-0.15, -0.1) is 5.92 Å². The molecule has 0 bridgehead atoms. The van der Waals surface area contributed by atoms with E-state index in [0.717, 1.165) is 47.4 Å². The molecule has 2 aromatic carbocycles. The Labute approximate surface area is 207 Å². The van der Waals surface area contributed by atoms with Crippen LogP contribution in [0, 0.1) is 17.8 Å². The number of allylic oxidation sites excluding steroid dienone is 4. The number of benzene rings is 2. The molecule has 0 spiro atoms. The molecule has 0 saturated carbocycles. The number of fused-ring (bicyclic) bond motifs is 3. The molecule has 1 unspecified atom stereocenters. The quantitative estimate of drug-likeness (QED) is 0.154. The van der Waals surface area contributed by atoms with Crippen LogP contribution in [-0.4, -0.2) is 37.8 Å². The van der Waals surface area contributed by atoms with E-state index in [0.29, 0.717) is 17.6 Å². The number of hydrogen-bond donors (Lipinski definition) is 0. The number of hydrogen-bond acceptors (Lipinski definition) is 5. The van der Waals surface area contributed by atoms with Crippen LogP contribution in [0.25, 0.3) is 5.57 Å². The van der Waals surface area contributed by atoms with E-state index in [1.54, 1.807) is 32.3 Å². The summed E-state index contributed by atoms with van der Waals surface area (Å²) in [5.74, 6) is 5.54. The number of aryl methyl sites for hydroxylation is 1. The molecule has 178 valence electrons. The summed E-state index contributed by atoms with van der Waals surface area (Å²) < 4.78 is 4.94. The van der Waals surface area contributed by atoms with Crippen molar-refractivity contribution in [3.63, 3.8) is 0 Å². The molecule has 2 aromatic rings. The van der Waals surface area contributed by atoms with Gasteiger partial charge in [0.25, 0.3) is 0 Å². The van der Waals surface area contributed by atoms with Crippen LogP contribution in [-0.2, 0) is 16.0 Å². The van der Waals surface area contributed by atoms with Gasteiger partial charge >= 0.3 is 5.97 Å². The molecule has 0 saturated heterocycles. The van der Waals surface area contributed by atoms with Gasteiger partial charge in [0.15, 0.2) is 5.78 Å². The molecule has 4 rings (SSSR count). The Balaban J connectivity index is 0.00000361. The molecule has 1 atom stereocenters. The fourth-order valence-electron chi connectivity index (χ4n) is 4.34. The van der Waals surface area contributed by atoms with Crippen molar-refractivity contribution in [3.8, 4) is 11.8 Å². The van der Waals surface area contributed by atoms with Gasteiger partial charge in [-0.1, -0.05) is 42.3 Å². The Hall–Kier alpha value is -4.04. The molecular formula is C30H30N2O3. The lowest BCUT2D eigenvalue weighted by Gasteiger charge is -2.17. The number of ether oxygens (including phenoxy) is 1. The zero-order chi connectivity index (χ0) is 24.8. The summed E-state index contributed by atoms with van der Waals surface area (Å²) in [7, 11) is 3.07. The number of esters is 1. The predicted molar refractivity (Wildman–Crippen MR) is 143 cm³/mol. The molecule has 1 aliphatic carbocycles. The average molecular weight is 467 g/mol. The van der Waals surface area contributed by atoms with Crippen LogP contribution in [0.2, 0.25) is 0 Å². The number of carbonyl (C=O) groups is 2. The molecule has 0 fully saturated rings. The Kier molecular flexibility index (Phi) is 7.52. The van der Waals surface area contributed by atoms with Crippen molar-refractivity contribution < 1.29 is 15.8 Å². The second-order valence-electron chi connectivity index (χ2n) is 8.48. The van der Waals surface area contributed by atoms with Gasteiger partial charge in [-0.2, -0.15) is 0 Å². The highest BCUT2D eigenvalue weighted by molar-refractivity contribution is 6.21. The van der Waals surface area contributed by atoms with Crippen LogP contribution in [0.4, 0.5) is 5.69 Å². The van der Waals surface area contributed by atoms with Gasteiger partial charge in [0.1, 0.15) is 0 Å². The molecule has 1 heterocycles. The van der Waals surface area contributed by atoms with Crippen molar-refractivity contribution in [3.05, 3.63) is 82.4 Å². The number of aliphatic imine (C=N–C) groups is 2. The first kappa shape index (κ1) is 24.1. The lowest BCUT2D eigenvalue weighted by molar-refractivity contribution is -0.115. The maximum Gasteiger partial charge on any atom is 0.338 e. The van der Waals surface area contributed by atoms with E-state index in [1.165, 1.54) is 12.7 Å². The number of nitrogens with zero attached hydrogens (tertiary/aromatic N) is 2. The van der Waals surface area contributed by atoms with E-state index in [9.17, 15) is 9.59 Å². The third-order valence-corrected chi connectivity index (χ3v) is 6.16. The molecule has 1 aliphatic heterocycles. The summed E-state index contributed by atoms with van der Waals surface area (Å²) in [6.07, 6.45) is 8.57. The predicted octanol–water partition coefficient (Wildman–Crippen LogP) is 5.80. The van der Waals surface area contributed by atoms with Crippen molar-refractivity contribution in [2.45, 2.75) is 32.6 Å². The number of methoxy groups -OCH3 is 1. The van der Waals surface area contributed by atoms with Crippen LogP contribution in [0.15, 0.2) is 70.2 Å². The van der Waals surface area contributed by atoms with Crippen molar-refractivity contribution in [2.75, 3.05) is 14.2 Å². The van der Waals surface area contributed by atoms with Gasteiger partial charge in [0, 0.05) is 32.6 Å². The van der Waals surface area contributed by atoms with Crippen molar-refractivity contribution >= 4 is 34.9 Å². The van der Waals surface area contributed by atoms with E-state index in [1.807, 2.05) is 12.1 Å². The number of Topliss-reactive ketones (excluding diaryl/α,β-unsaturated/α-hetero) is 1. The lowest BCUT2D eigenvalue weighted by Crippen LogP contribution is -2.12. The standard InChI is InChI=1S/C30H28N2O3.H2/c1-4-8-21(17-18-31-2)27(33)12-6-5-9-20-13-15-22(16-14-20)29-25-19-24(25)28-23(30(34)35-3)10-7-11-26(28)32-29;/h7,10-11,13-19,25H,5-6,9,12H2,1-3H3;1H/b21-17+,31-18?;. The highest BCUT2D eigenvalue weighted by atomic mass is 16.5. The average Bonchev–Trinajstić information content (AvgIpc) is 3.69. The Morgan fingerprint density at radius 3 is 2.69 bits per heavy atom. The van der Waals surface area contributed by atoms with Gasteiger partial charge in [0.2, 0.25) is 0 Å². The largest absolute Gasteiger partial charge is 0.465 e. The second-order valence-corrected chi connectivity index (χ2v) is 8.48. The topological polar surface area (TPSA) is 68.1 Å². The molecule has 0 amide bonds. The summed E-state index contributed by atoms with van der Waals surface area (Å²) in [6, 6.07) is 14.1. The maximum absolute atomic E-state index is 12.4. The number of rotatable bonds is 9. The lowest BCUT2D eigenvalue weighted by atomic mass is 9.92. The van der Waals surface area contributed by atoms with Crippen LogP contribution in [0.5, 0.6) is 0 Å². The molecule has 0 N–H and O–H groups in total. The Bertz CT molecular complexity index is 1340. The fraction of sp³-hybridized carbons (Fsp3) is 0.267. The Morgan fingerprint density at radius 1 is 1.17 bits per heavy atom. The van der Waals surface area contributed by atoms with E-state index in [-0.39, 0.29) is 19.1 Å². The second kappa shape index (κ2) is 10.9. The van der Waals surface area contributed by atoms with E-state index in [2.05, 4.69) is 47.2 Å². The first-order valence-corrected chi connectivity index (χ1v) is 11.8. The third kappa shape index (κ3) is 5.38. The van der Waals surface area contributed by atoms with Crippen molar-refractivity contribution in [2.24, 2.45) is 15.9 Å². The van der Waals surface area contributed by atoms with Gasteiger partial charge in [-0.25, -0.2) is 4.79 Å². The third-order valence-electron chi connectivity index (χ3n) is 6.16. The van der Waals surface area contributed by atoms with E-state index < -0.39 is 0 Å². The summed E-state index contributed by atoms with van der Waals surface area (Å²) in [5, 5.41) is 0. The van der Waals surface area contributed by atoms with Gasteiger partial charge in [-0.3, -0.25) is 14.8 Å². The van der Waals surface area contributed by atoms with Gasteiger partial charge in [-0.05, 0) is 61.1 Å². The van der Waals surface area contributed by atoms with Gasteiger partial charge in [0.05, 0.1) is 29.6 Å². The number of ketones is 1. The number of carbonyl (C=O) groups excluding carboxylic acids is 2. The van der Waals surface area contributed by atoms with Crippen LogP contribution >= 0.6 is 0 Å². The minimum absolute atomic E-state index is 0. The summed E-state index contributed by atoms with van der Waals surface area (Å²) >= 11 is 0. The fourth-order valence-corrected chi connectivity index (χ4v) is 4.34. The van der Waals surface area contributed by atoms with Crippen LogP contribution in [0.1, 0.15) is 54.7 Å². The minimum Gasteiger partial charge on any atom is -0.465 e. The first-order chi connectivity index (χ1) is 17.1. The van der Waals surface area contributed by atoms with Crippen molar-refractivity contribution in [1.82, 2.24) is 0 Å². The molecular weight excluding hydrogens is 436 g/mol. The zero-order valence-electron chi connectivity index (χ0n) is 20.3. The van der Waals surface area contributed by atoms with Crippen molar-refractivity contribution in [1.29, 1.82) is 0 Å². The van der Waals surface area contributed by atoms with Crippen LogP contribution < -0.4 is 0 Å². The van der Waals surface area contributed by atoms with E-state index in [4.69, 9.17) is 9.73 Å². The summed E-state index contributed by atoms with van der Waals surface area (Å²) in [4.78, 5) is 33.3. The van der Waals surface area contributed by atoms with Gasteiger partial charge < -0.3 is 4.74 Å². The first-order valence-electron chi connectivity index (χ1n) is 11.8. The highest BCUT2D eigenvalue weighted by Crippen LogP contribution is 2.50. The highest BCUT2D eigenvalue weighted by Gasteiger charge is 2.39. The summed E-state index contributed by atoms with van der Waals surface area (Å²) in [5.41, 5.74) is 7.26. The normalized spacial score (nSPS) is 15.9. The summed E-state index contributed by atoms with van der Waals surface area (Å²) in [6.45, 7) is 1.73.